The van der Waals surface area contributed by atoms with Crippen LogP contribution in [0.3, 0.4) is 0 Å². The van der Waals surface area contributed by atoms with Gasteiger partial charge in [-0.25, -0.2) is 18.7 Å². The summed E-state index contributed by atoms with van der Waals surface area (Å²) >= 11 is 0. The molecule has 0 aliphatic carbocycles. The number of ketones is 1. The molecule has 0 amide bonds. The van der Waals surface area contributed by atoms with Crippen LogP contribution in [0.2, 0.25) is 0 Å². The summed E-state index contributed by atoms with van der Waals surface area (Å²) in [6.45, 7) is 0.739. The van der Waals surface area contributed by atoms with E-state index in [0.29, 0.717) is 31.5 Å². The zero-order valence-corrected chi connectivity index (χ0v) is 16.9. The maximum atomic E-state index is 14.0. The highest BCUT2D eigenvalue weighted by molar-refractivity contribution is 5.98. The first-order valence-corrected chi connectivity index (χ1v) is 9.99. The van der Waals surface area contributed by atoms with Gasteiger partial charge in [-0.1, -0.05) is 12.1 Å². The second-order valence-corrected chi connectivity index (χ2v) is 7.39. The first-order chi connectivity index (χ1) is 15.4. The van der Waals surface area contributed by atoms with Gasteiger partial charge in [0.05, 0.1) is 10.6 Å². The number of hydrogen-bond donors (Lipinski definition) is 1. The predicted octanol–water partition coefficient (Wildman–Crippen LogP) is 4.51. The molecule has 8 nitrogen and oxygen atoms in total. The molecule has 1 N–H and O–H groups in total. The fourth-order valence-corrected chi connectivity index (χ4v) is 3.75. The van der Waals surface area contributed by atoms with Gasteiger partial charge < -0.3 is 10.2 Å². The molecule has 4 rings (SSSR count). The summed E-state index contributed by atoms with van der Waals surface area (Å²) in [5, 5.41) is 14.5. The van der Waals surface area contributed by atoms with E-state index in [9.17, 15) is 23.7 Å². The summed E-state index contributed by atoms with van der Waals surface area (Å²) in [6, 6.07) is 11.2. The minimum absolute atomic E-state index is 0.0591. The number of para-hydroxylation sites is 1. The van der Waals surface area contributed by atoms with Gasteiger partial charge in [-0.2, -0.15) is 0 Å². The van der Waals surface area contributed by atoms with E-state index in [-0.39, 0.29) is 34.7 Å². The van der Waals surface area contributed by atoms with E-state index in [4.69, 9.17) is 0 Å². The number of aromatic nitrogens is 2. The Morgan fingerprint density at radius 1 is 1.06 bits per heavy atom. The summed E-state index contributed by atoms with van der Waals surface area (Å²) in [5.74, 6) is -1.34. The van der Waals surface area contributed by atoms with Crippen LogP contribution in [0.4, 0.5) is 31.8 Å². The van der Waals surface area contributed by atoms with Crippen LogP contribution < -0.4 is 10.2 Å². The number of carbonyl (C=O) groups excluding carboxylic acids is 1. The number of Topliss-reactive ketones (excluding diaryl/α,β-unsaturated/α-hetero) is 1. The van der Waals surface area contributed by atoms with Gasteiger partial charge in [0.1, 0.15) is 18.0 Å². The van der Waals surface area contributed by atoms with Crippen molar-refractivity contribution in [3.8, 4) is 0 Å². The van der Waals surface area contributed by atoms with Crippen molar-refractivity contribution >= 4 is 28.8 Å². The van der Waals surface area contributed by atoms with Gasteiger partial charge in [0, 0.05) is 24.6 Å². The molecule has 10 heteroatoms. The van der Waals surface area contributed by atoms with Crippen molar-refractivity contribution in [2.24, 2.45) is 5.92 Å². The number of benzene rings is 2. The Morgan fingerprint density at radius 3 is 2.41 bits per heavy atom. The van der Waals surface area contributed by atoms with E-state index in [1.54, 1.807) is 11.0 Å². The van der Waals surface area contributed by atoms with Gasteiger partial charge in [-0.15, -0.1) is 0 Å². The van der Waals surface area contributed by atoms with Crippen LogP contribution >= 0.6 is 0 Å². The number of anilines is 3. The standard InChI is InChI=1S/C22H19F2N5O3/c23-16-7-5-14(6-8-16)20(30)15-9-11-28(12-10-15)22-19(29(31)32)21(25-13-26-22)27-18-4-2-1-3-17(18)24/h1-8,13,15H,9-12H2,(H,25,26,27). The third-order valence-electron chi connectivity index (χ3n) is 5.41. The Kier molecular flexibility index (Phi) is 6.02. The zero-order chi connectivity index (χ0) is 22.7. The number of piperidine rings is 1. The van der Waals surface area contributed by atoms with Crippen LogP contribution in [0.5, 0.6) is 0 Å². The highest BCUT2D eigenvalue weighted by atomic mass is 19.1. The predicted molar refractivity (Wildman–Crippen MR) is 114 cm³/mol. The fraction of sp³-hybridized carbons (Fsp3) is 0.227. The molecule has 1 fully saturated rings. The number of nitrogens with one attached hydrogen (secondary N) is 1. The molecule has 0 atom stereocenters. The topological polar surface area (TPSA) is 101 Å². The Labute approximate surface area is 182 Å². The molecule has 0 spiro atoms. The maximum Gasteiger partial charge on any atom is 0.353 e. The van der Waals surface area contributed by atoms with Crippen LogP contribution in [0.25, 0.3) is 0 Å². The van der Waals surface area contributed by atoms with Crippen molar-refractivity contribution in [3.05, 3.63) is 82.2 Å². The lowest BCUT2D eigenvalue weighted by Crippen LogP contribution is -2.37. The first-order valence-electron chi connectivity index (χ1n) is 9.99. The average Bonchev–Trinajstić information content (AvgIpc) is 2.80. The number of nitro groups is 1. The molecule has 3 aromatic rings. The van der Waals surface area contributed by atoms with Crippen molar-refractivity contribution in [1.82, 2.24) is 9.97 Å². The lowest BCUT2D eigenvalue weighted by atomic mass is 9.89. The van der Waals surface area contributed by atoms with Crippen molar-refractivity contribution in [3.63, 3.8) is 0 Å². The average molecular weight is 439 g/mol. The number of halogens is 2. The summed E-state index contributed by atoms with van der Waals surface area (Å²) in [7, 11) is 0. The monoisotopic (exact) mass is 439 g/mol. The van der Waals surface area contributed by atoms with Crippen molar-refractivity contribution in [1.29, 1.82) is 0 Å². The summed E-state index contributed by atoms with van der Waals surface area (Å²) in [4.78, 5) is 33.7. The fourth-order valence-electron chi connectivity index (χ4n) is 3.75. The van der Waals surface area contributed by atoms with E-state index >= 15 is 0 Å². The number of hydrogen-bond acceptors (Lipinski definition) is 7. The second-order valence-electron chi connectivity index (χ2n) is 7.39. The molecule has 2 aromatic carbocycles. The lowest BCUT2D eigenvalue weighted by molar-refractivity contribution is -0.383. The molecule has 164 valence electrons. The molecule has 0 saturated carbocycles. The van der Waals surface area contributed by atoms with E-state index in [2.05, 4.69) is 15.3 Å². The van der Waals surface area contributed by atoms with Crippen molar-refractivity contribution < 1.29 is 18.5 Å². The van der Waals surface area contributed by atoms with Gasteiger partial charge in [0.2, 0.25) is 11.6 Å². The van der Waals surface area contributed by atoms with Crippen molar-refractivity contribution in [2.45, 2.75) is 12.8 Å². The molecular formula is C22H19F2N5O3. The summed E-state index contributed by atoms with van der Waals surface area (Å²) in [5.41, 5.74) is 0.136. The van der Waals surface area contributed by atoms with Crippen LogP contribution in [0.1, 0.15) is 23.2 Å². The van der Waals surface area contributed by atoms with Gasteiger partial charge in [0.15, 0.2) is 5.78 Å². The molecule has 32 heavy (non-hydrogen) atoms. The molecular weight excluding hydrogens is 420 g/mol. The third-order valence-corrected chi connectivity index (χ3v) is 5.41. The highest BCUT2D eigenvalue weighted by Crippen LogP contribution is 2.36. The molecule has 1 saturated heterocycles. The summed E-state index contributed by atoms with van der Waals surface area (Å²) < 4.78 is 27.1. The second kappa shape index (κ2) is 9.04. The van der Waals surface area contributed by atoms with Crippen molar-refractivity contribution in [2.75, 3.05) is 23.3 Å². The maximum absolute atomic E-state index is 14.0. The van der Waals surface area contributed by atoms with Gasteiger partial charge >= 0.3 is 5.69 Å². The minimum atomic E-state index is -0.603. The molecule has 0 radical (unpaired) electrons. The highest BCUT2D eigenvalue weighted by Gasteiger charge is 2.32. The first kappa shape index (κ1) is 21.3. The Morgan fingerprint density at radius 2 is 1.75 bits per heavy atom. The molecule has 1 aliphatic heterocycles. The zero-order valence-electron chi connectivity index (χ0n) is 16.9. The molecule has 0 unspecified atom stereocenters. The van der Waals surface area contributed by atoms with E-state index in [1.807, 2.05) is 0 Å². The molecule has 2 heterocycles. The largest absolute Gasteiger partial charge is 0.353 e. The van der Waals surface area contributed by atoms with E-state index < -0.39 is 16.6 Å². The smallest absolute Gasteiger partial charge is 0.351 e. The van der Waals surface area contributed by atoms with Gasteiger partial charge in [-0.3, -0.25) is 14.9 Å². The molecule has 1 aromatic heterocycles. The SMILES string of the molecule is O=C(c1ccc(F)cc1)C1CCN(c2ncnc(Nc3ccccc3F)c2[N+](=O)[O-])CC1. The van der Waals surface area contributed by atoms with Crippen LogP contribution in [-0.4, -0.2) is 33.8 Å². The number of carbonyl (C=O) groups is 1. The van der Waals surface area contributed by atoms with Gasteiger partial charge in [0.25, 0.3) is 0 Å². The number of rotatable bonds is 6. The van der Waals surface area contributed by atoms with Crippen LogP contribution in [-0.2, 0) is 0 Å². The van der Waals surface area contributed by atoms with E-state index in [0.717, 1.165) is 0 Å². The van der Waals surface area contributed by atoms with E-state index in [1.165, 1.54) is 48.8 Å². The number of nitrogens with zero attached hydrogens (tertiary/aromatic N) is 4. The Hall–Kier alpha value is -3.95. The summed E-state index contributed by atoms with van der Waals surface area (Å²) in [6.07, 6.45) is 2.11. The third kappa shape index (κ3) is 4.39. The van der Waals surface area contributed by atoms with Gasteiger partial charge in [-0.05, 0) is 49.2 Å². The normalized spacial score (nSPS) is 14.2. The minimum Gasteiger partial charge on any atom is -0.351 e. The van der Waals surface area contributed by atoms with Crippen LogP contribution in [0.15, 0.2) is 54.9 Å². The molecule has 0 bridgehead atoms. The molecule has 1 aliphatic rings. The quantitative estimate of drug-likeness (QED) is 0.343. The lowest BCUT2D eigenvalue weighted by Gasteiger charge is -2.31. The Bertz CT molecular complexity index is 1150. The van der Waals surface area contributed by atoms with Crippen LogP contribution in [0, 0.1) is 27.7 Å². The Balaban J connectivity index is 1.53.